The Bertz CT molecular complexity index is 485. The number of nitrogens with zero attached hydrogens (tertiary/aromatic N) is 1. The van der Waals surface area contributed by atoms with Gasteiger partial charge in [0.05, 0.1) is 11.2 Å². The fraction of sp³-hybridized carbons (Fsp3) is 0.273. The van der Waals surface area contributed by atoms with Gasteiger partial charge in [-0.05, 0) is 32.0 Å². The van der Waals surface area contributed by atoms with Gasteiger partial charge >= 0.3 is 0 Å². The van der Waals surface area contributed by atoms with E-state index in [1.165, 1.54) is 0 Å². The van der Waals surface area contributed by atoms with E-state index in [1.54, 1.807) is 0 Å². The van der Waals surface area contributed by atoms with Crippen LogP contribution in [0.25, 0.3) is 10.9 Å². The second-order valence-corrected chi connectivity index (χ2v) is 3.98. The van der Waals surface area contributed by atoms with Crippen LogP contribution in [0.4, 0.5) is 11.4 Å². The topological polar surface area (TPSA) is 69.0 Å². The third kappa shape index (κ3) is 1.58. The molecule has 4 nitrogen and oxygen atoms in total. The predicted molar refractivity (Wildman–Crippen MR) is 65.3 cm³/mol. The number of rotatable bonds is 2. The summed E-state index contributed by atoms with van der Waals surface area (Å²) in [5.74, 6) is 0. The molecular weight excluding hydrogens is 188 g/mol. The van der Waals surface area contributed by atoms with E-state index in [0.29, 0.717) is 6.04 Å². The zero-order valence-corrected chi connectivity index (χ0v) is 8.99. The number of nitrogens with two attached hydrogens (primary N) is 2. The molecule has 4 heteroatoms. The second-order valence-electron chi connectivity index (χ2n) is 3.98. The molecule has 0 saturated carbocycles. The quantitative estimate of drug-likeness (QED) is 0.653. The van der Waals surface area contributed by atoms with Gasteiger partial charge in [-0.1, -0.05) is 0 Å². The number of nitrogens with one attached hydrogen (secondary N) is 1. The van der Waals surface area contributed by atoms with Crippen molar-refractivity contribution in [1.82, 2.24) is 4.68 Å². The van der Waals surface area contributed by atoms with Crippen molar-refractivity contribution in [2.24, 2.45) is 0 Å². The van der Waals surface area contributed by atoms with Crippen molar-refractivity contribution >= 4 is 22.3 Å². The summed E-state index contributed by atoms with van der Waals surface area (Å²) in [5, 5.41) is 0.989. The van der Waals surface area contributed by atoms with E-state index in [1.807, 2.05) is 29.1 Å². The van der Waals surface area contributed by atoms with Crippen LogP contribution in [0.2, 0.25) is 0 Å². The van der Waals surface area contributed by atoms with E-state index in [-0.39, 0.29) is 0 Å². The maximum Gasteiger partial charge on any atom is 0.0942 e. The van der Waals surface area contributed by atoms with E-state index in [9.17, 15) is 0 Å². The molecule has 2 rings (SSSR count). The van der Waals surface area contributed by atoms with Crippen LogP contribution in [0.1, 0.15) is 13.8 Å². The number of hydrogen-bond acceptors (Lipinski definition) is 3. The standard InChI is InChI=1S/C11H16N4/c1-7(2)14-15-6-5-8-9(12)3-4-10(13)11(8)15/h3-7,14H,12-13H2,1-2H3. The van der Waals surface area contributed by atoms with Crippen molar-refractivity contribution in [1.29, 1.82) is 0 Å². The van der Waals surface area contributed by atoms with Crippen LogP contribution >= 0.6 is 0 Å². The highest BCUT2D eigenvalue weighted by atomic mass is 15.4. The Morgan fingerprint density at radius 1 is 1.13 bits per heavy atom. The molecule has 0 spiro atoms. The molecule has 0 aliphatic heterocycles. The summed E-state index contributed by atoms with van der Waals surface area (Å²) in [4.78, 5) is 0. The Hall–Kier alpha value is -1.84. The van der Waals surface area contributed by atoms with Crippen molar-refractivity contribution in [2.75, 3.05) is 16.9 Å². The Labute approximate surface area is 88.8 Å². The van der Waals surface area contributed by atoms with Gasteiger partial charge in [-0.2, -0.15) is 0 Å². The Kier molecular flexibility index (Phi) is 2.19. The molecule has 0 aliphatic rings. The molecule has 0 fully saturated rings. The smallest absolute Gasteiger partial charge is 0.0942 e. The summed E-state index contributed by atoms with van der Waals surface area (Å²) in [6, 6.07) is 5.98. The first kappa shape index (κ1) is 9.71. The van der Waals surface area contributed by atoms with E-state index in [0.717, 1.165) is 22.3 Å². The summed E-state index contributed by atoms with van der Waals surface area (Å²) < 4.78 is 1.92. The lowest BCUT2D eigenvalue weighted by molar-refractivity contribution is 0.756. The minimum atomic E-state index is 0.349. The van der Waals surface area contributed by atoms with Crippen LogP contribution in [0.3, 0.4) is 0 Å². The van der Waals surface area contributed by atoms with Gasteiger partial charge in [-0.3, -0.25) is 4.68 Å². The molecule has 1 aromatic heterocycles. The van der Waals surface area contributed by atoms with E-state index in [4.69, 9.17) is 11.5 Å². The molecule has 0 amide bonds. The zero-order chi connectivity index (χ0) is 11.0. The van der Waals surface area contributed by atoms with Crippen LogP contribution in [0.5, 0.6) is 0 Å². The minimum Gasteiger partial charge on any atom is -0.398 e. The number of fused-ring (bicyclic) bond motifs is 1. The molecule has 0 unspecified atom stereocenters. The minimum absolute atomic E-state index is 0.349. The van der Waals surface area contributed by atoms with E-state index in [2.05, 4.69) is 19.3 Å². The number of benzene rings is 1. The fourth-order valence-electron chi connectivity index (χ4n) is 1.69. The van der Waals surface area contributed by atoms with Crippen molar-refractivity contribution in [3.8, 4) is 0 Å². The average molecular weight is 204 g/mol. The molecule has 1 heterocycles. The molecule has 15 heavy (non-hydrogen) atoms. The number of anilines is 2. The van der Waals surface area contributed by atoms with Crippen LogP contribution in [-0.2, 0) is 0 Å². The summed E-state index contributed by atoms with van der Waals surface area (Å²) in [6.07, 6.45) is 1.94. The average Bonchev–Trinajstić information content (AvgIpc) is 2.56. The summed E-state index contributed by atoms with van der Waals surface area (Å²) >= 11 is 0. The monoisotopic (exact) mass is 204 g/mol. The van der Waals surface area contributed by atoms with Gasteiger partial charge in [0.25, 0.3) is 0 Å². The maximum atomic E-state index is 5.93. The molecule has 0 radical (unpaired) electrons. The maximum absolute atomic E-state index is 5.93. The van der Waals surface area contributed by atoms with Gasteiger partial charge in [-0.15, -0.1) is 0 Å². The predicted octanol–water partition coefficient (Wildman–Crippen LogP) is 1.76. The van der Waals surface area contributed by atoms with Gasteiger partial charge in [0.2, 0.25) is 0 Å². The van der Waals surface area contributed by atoms with Gasteiger partial charge < -0.3 is 16.9 Å². The Morgan fingerprint density at radius 3 is 2.47 bits per heavy atom. The van der Waals surface area contributed by atoms with Crippen molar-refractivity contribution in [2.45, 2.75) is 19.9 Å². The lowest BCUT2D eigenvalue weighted by Crippen LogP contribution is -2.21. The van der Waals surface area contributed by atoms with Crippen LogP contribution < -0.4 is 16.9 Å². The van der Waals surface area contributed by atoms with Crippen LogP contribution in [0, 0.1) is 0 Å². The van der Waals surface area contributed by atoms with Gasteiger partial charge in [0.1, 0.15) is 0 Å². The highest BCUT2D eigenvalue weighted by Gasteiger charge is 2.07. The highest BCUT2D eigenvalue weighted by molar-refractivity contribution is 5.98. The Morgan fingerprint density at radius 2 is 1.80 bits per heavy atom. The molecule has 0 bridgehead atoms. The number of aromatic nitrogens is 1. The lowest BCUT2D eigenvalue weighted by atomic mass is 10.2. The summed E-state index contributed by atoms with van der Waals surface area (Å²) in [7, 11) is 0. The van der Waals surface area contributed by atoms with E-state index < -0.39 is 0 Å². The largest absolute Gasteiger partial charge is 0.398 e. The van der Waals surface area contributed by atoms with E-state index >= 15 is 0 Å². The second kappa shape index (κ2) is 3.38. The first-order valence-corrected chi connectivity index (χ1v) is 5.01. The lowest BCUT2D eigenvalue weighted by Gasteiger charge is -2.13. The first-order valence-electron chi connectivity index (χ1n) is 5.01. The molecule has 0 saturated heterocycles. The molecule has 1 aromatic carbocycles. The third-order valence-corrected chi connectivity index (χ3v) is 2.31. The number of hydrogen-bond donors (Lipinski definition) is 3. The van der Waals surface area contributed by atoms with Gasteiger partial charge in [0, 0.05) is 23.3 Å². The molecule has 80 valence electrons. The zero-order valence-electron chi connectivity index (χ0n) is 8.99. The first-order chi connectivity index (χ1) is 7.09. The van der Waals surface area contributed by atoms with Gasteiger partial charge in [-0.25, -0.2) is 0 Å². The van der Waals surface area contributed by atoms with Crippen LogP contribution in [-0.4, -0.2) is 10.7 Å². The summed E-state index contributed by atoms with van der Waals surface area (Å²) in [5.41, 5.74) is 17.5. The Balaban J connectivity index is 2.62. The SMILES string of the molecule is CC(C)Nn1ccc2c(N)ccc(N)c21. The van der Waals surface area contributed by atoms with Crippen molar-refractivity contribution < 1.29 is 0 Å². The normalized spacial score (nSPS) is 11.1. The fourth-order valence-corrected chi connectivity index (χ4v) is 1.69. The highest BCUT2D eigenvalue weighted by Crippen LogP contribution is 2.26. The van der Waals surface area contributed by atoms with Crippen molar-refractivity contribution in [3.63, 3.8) is 0 Å². The molecule has 5 N–H and O–H groups in total. The molecule has 0 aliphatic carbocycles. The van der Waals surface area contributed by atoms with Crippen LogP contribution in [0.15, 0.2) is 24.4 Å². The third-order valence-electron chi connectivity index (χ3n) is 2.31. The number of nitrogen functional groups attached to an aromatic ring is 2. The molecule has 2 aromatic rings. The molecular formula is C11H16N4. The van der Waals surface area contributed by atoms with Gasteiger partial charge in [0.15, 0.2) is 0 Å². The van der Waals surface area contributed by atoms with Crippen molar-refractivity contribution in [3.05, 3.63) is 24.4 Å². The molecule has 0 atom stereocenters. The summed E-state index contributed by atoms with van der Waals surface area (Å²) in [6.45, 7) is 4.16.